The molecule has 9 N–H and O–H groups in total. The van der Waals surface area contributed by atoms with Crippen molar-refractivity contribution in [3.63, 3.8) is 0 Å². The first-order valence-corrected chi connectivity index (χ1v) is 17.7. The van der Waals surface area contributed by atoms with E-state index in [2.05, 4.69) is 20.9 Å². The average molecular weight is 692 g/mol. The van der Waals surface area contributed by atoms with Gasteiger partial charge in [0.15, 0.2) is 5.96 Å². The van der Waals surface area contributed by atoms with Crippen molar-refractivity contribution in [3.05, 3.63) is 71.8 Å². The Morgan fingerprint density at radius 2 is 1.32 bits per heavy atom. The second-order valence-corrected chi connectivity index (χ2v) is 13.3. The van der Waals surface area contributed by atoms with E-state index in [0.717, 1.165) is 11.1 Å². The number of carbonyl (C=O) groups excluding carboxylic acids is 4. The molecule has 2 aromatic rings. The van der Waals surface area contributed by atoms with Crippen molar-refractivity contribution >= 4 is 29.6 Å². The van der Waals surface area contributed by atoms with Gasteiger partial charge in [-0.3, -0.25) is 24.2 Å². The first kappa shape index (κ1) is 39.9. The zero-order chi connectivity index (χ0) is 36.5. The summed E-state index contributed by atoms with van der Waals surface area (Å²) in [7, 11) is 1.63. The molecule has 0 bridgehead atoms. The lowest BCUT2D eigenvalue weighted by Crippen LogP contribution is -2.58. The number of aryl methyl sites for hydroxylation is 1. The first-order chi connectivity index (χ1) is 24.0. The van der Waals surface area contributed by atoms with Crippen molar-refractivity contribution < 1.29 is 19.2 Å². The summed E-state index contributed by atoms with van der Waals surface area (Å²) in [5, 5.41) is 8.69. The molecule has 1 heterocycles. The van der Waals surface area contributed by atoms with Gasteiger partial charge in [-0.1, -0.05) is 74.5 Å². The average Bonchev–Trinajstić information content (AvgIpc) is 3.38. The quantitative estimate of drug-likeness (QED) is 0.104. The Hall–Kier alpha value is -4.49. The molecule has 2 aromatic carbocycles. The Morgan fingerprint density at radius 1 is 0.760 bits per heavy atom. The van der Waals surface area contributed by atoms with Gasteiger partial charge in [0.2, 0.25) is 23.6 Å². The van der Waals surface area contributed by atoms with E-state index in [-0.39, 0.29) is 11.8 Å². The smallest absolute Gasteiger partial charge is 0.245 e. The molecule has 0 saturated carbocycles. The number of benzene rings is 2. The fourth-order valence-corrected chi connectivity index (χ4v) is 6.02. The molecule has 1 fully saturated rings. The van der Waals surface area contributed by atoms with Crippen LogP contribution >= 0.6 is 0 Å². The van der Waals surface area contributed by atoms with Crippen molar-refractivity contribution in [1.29, 1.82) is 0 Å². The summed E-state index contributed by atoms with van der Waals surface area (Å²) in [6.07, 6.45) is 3.05. The van der Waals surface area contributed by atoms with E-state index >= 15 is 0 Å². The molecule has 13 nitrogen and oxygen atoms in total. The number of nitrogens with two attached hydrogens (primary N) is 3. The van der Waals surface area contributed by atoms with E-state index in [1.807, 2.05) is 79.4 Å². The fourth-order valence-electron chi connectivity index (χ4n) is 6.02. The Bertz CT molecular complexity index is 1390. The van der Waals surface area contributed by atoms with E-state index < -0.39 is 41.9 Å². The molecule has 0 aliphatic carbocycles. The standard InChI is InChI=1S/C37H57N9O4/c1-26(2)24-32(35(49)43-31(16-10-19-38)36(50)45-20-11-21-46(23-22-45)37(40)41-3)44-34(48)30(18-17-27-12-6-4-7-13-27)42-33(47)29(39)25-28-14-8-5-9-15-28/h4-9,12-15,26,29-32H,10-11,16-25,38-39H2,1-3H3,(H2,40,41)(H,42,47)(H,43,49)(H,44,48)/t29-,30-,31-,32-/m1/s1. The number of hydrogen-bond acceptors (Lipinski definition) is 7. The maximum Gasteiger partial charge on any atom is 0.245 e. The molecule has 0 spiro atoms. The van der Waals surface area contributed by atoms with Crippen molar-refractivity contribution in [2.24, 2.45) is 28.1 Å². The summed E-state index contributed by atoms with van der Waals surface area (Å²) in [6, 6.07) is 15.5. The minimum absolute atomic E-state index is 0.0446. The molecule has 0 radical (unpaired) electrons. The highest BCUT2D eigenvalue weighted by Crippen LogP contribution is 2.13. The van der Waals surface area contributed by atoms with Gasteiger partial charge in [-0.05, 0) is 68.5 Å². The van der Waals surface area contributed by atoms with Crippen LogP contribution in [0.25, 0.3) is 0 Å². The molecular weight excluding hydrogens is 634 g/mol. The van der Waals surface area contributed by atoms with Gasteiger partial charge >= 0.3 is 0 Å². The summed E-state index contributed by atoms with van der Waals surface area (Å²) in [4.78, 5) is 62.6. The van der Waals surface area contributed by atoms with Crippen LogP contribution in [0.15, 0.2) is 65.7 Å². The van der Waals surface area contributed by atoms with Crippen LogP contribution in [0.4, 0.5) is 0 Å². The Morgan fingerprint density at radius 3 is 1.94 bits per heavy atom. The lowest BCUT2D eigenvalue weighted by molar-refractivity contribution is -0.138. The number of nitrogens with zero attached hydrogens (tertiary/aromatic N) is 3. The summed E-state index contributed by atoms with van der Waals surface area (Å²) in [5.74, 6) is -1.14. The fraction of sp³-hybridized carbons (Fsp3) is 0.541. The SMILES string of the molecule is C/N=C(/N)N1CCCN(C(=O)[C@@H](CCCN)NC(=O)[C@@H](CC(C)C)NC(=O)[C@@H](CCc2ccccc2)NC(=O)[C@H](N)Cc2ccccc2)CC1. The third-order valence-corrected chi connectivity index (χ3v) is 8.84. The maximum atomic E-state index is 13.9. The molecule has 3 rings (SSSR count). The lowest BCUT2D eigenvalue weighted by atomic mass is 9.99. The zero-order valence-electron chi connectivity index (χ0n) is 29.9. The van der Waals surface area contributed by atoms with Gasteiger partial charge in [-0.25, -0.2) is 0 Å². The van der Waals surface area contributed by atoms with E-state index in [4.69, 9.17) is 17.2 Å². The molecule has 13 heteroatoms. The number of guanidine groups is 1. The monoisotopic (exact) mass is 691 g/mol. The Labute approximate surface area is 296 Å². The van der Waals surface area contributed by atoms with Crippen LogP contribution in [0.5, 0.6) is 0 Å². The van der Waals surface area contributed by atoms with Crippen LogP contribution in [0.3, 0.4) is 0 Å². The topological polar surface area (TPSA) is 201 Å². The van der Waals surface area contributed by atoms with Crippen molar-refractivity contribution in [3.8, 4) is 0 Å². The Kier molecular flexibility index (Phi) is 16.7. The molecule has 0 aromatic heterocycles. The first-order valence-electron chi connectivity index (χ1n) is 17.7. The predicted octanol–water partition coefficient (Wildman–Crippen LogP) is 0.907. The van der Waals surface area contributed by atoms with Crippen LogP contribution in [0.1, 0.15) is 57.1 Å². The van der Waals surface area contributed by atoms with Gasteiger partial charge in [-0.15, -0.1) is 0 Å². The van der Waals surface area contributed by atoms with Crippen LogP contribution in [-0.4, -0.2) is 103 Å². The van der Waals surface area contributed by atoms with Crippen LogP contribution in [0.2, 0.25) is 0 Å². The van der Waals surface area contributed by atoms with Gasteiger partial charge < -0.3 is 43.0 Å². The van der Waals surface area contributed by atoms with Crippen molar-refractivity contribution in [2.75, 3.05) is 39.8 Å². The lowest BCUT2D eigenvalue weighted by Gasteiger charge is -2.29. The third kappa shape index (κ3) is 13.1. The molecule has 50 heavy (non-hydrogen) atoms. The minimum atomic E-state index is -0.944. The molecule has 0 unspecified atom stereocenters. The highest BCUT2D eigenvalue weighted by atomic mass is 16.2. The Balaban J connectivity index is 1.75. The molecule has 4 amide bonds. The number of nitrogens with one attached hydrogen (secondary N) is 3. The summed E-state index contributed by atoms with van der Waals surface area (Å²) in [5.41, 5.74) is 20.0. The normalized spacial score (nSPS) is 16.2. The molecule has 274 valence electrons. The number of carbonyl (C=O) groups is 4. The summed E-state index contributed by atoms with van der Waals surface area (Å²) >= 11 is 0. The van der Waals surface area contributed by atoms with E-state index in [9.17, 15) is 19.2 Å². The van der Waals surface area contributed by atoms with E-state index in [0.29, 0.717) is 83.6 Å². The van der Waals surface area contributed by atoms with Crippen molar-refractivity contribution in [2.45, 2.75) is 83.0 Å². The van der Waals surface area contributed by atoms with Gasteiger partial charge in [0, 0.05) is 33.2 Å². The number of rotatable bonds is 17. The van der Waals surface area contributed by atoms with Gasteiger partial charge in [0.1, 0.15) is 18.1 Å². The minimum Gasteiger partial charge on any atom is -0.370 e. The van der Waals surface area contributed by atoms with Gasteiger partial charge in [-0.2, -0.15) is 0 Å². The van der Waals surface area contributed by atoms with Gasteiger partial charge in [0.25, 0.3) is 0 Å². The zero-order valence-corrected chi connectivity index (χ0v) is 29.9. The third-order valence-electron chi connectivity index (χ3n) is 8.84. The molecule has 1 aliphatic rings. The second-order valence-electron chi connectivity index (χ2n) is 13.3. The van der Waals surface area contributed by atoms with Crippen LogP contribution < -0.4 is 33.2 Å². The highest BCUT2D eigenvalue weighted by Gasteiger charge is 2.32. The number of hydrogen-bond donors (Lipinski definition) is 6. The largest absolute Gasteiger partial charge is 0.370 e. The number of amides is 4. The summed E-state index contributed by atoms with van der Waals surface area (Å²) in [6.45, 7) is 6.43. The van der Waals surface area contributed by atoms with Crippen LogP contribution in [0, 0.1) is 5.92 Å². The highest BCUT2D eigenvalue weighted by molar-refractivity contribution is 5.95. The second kappa shape index (κ2) is 20.9. The molecule has 4 atom stereocenters. The van der Waals surface area contributed by atoms with Crippen LogP contribution in [-0.2, 0) is 32.0 Å². The molecule has 1 aliphatic heterocycles. The maximum absolute atomic E-state index is 13.9. The van der Waals surface area contributed by atoms with E-state index in [1.54, 1.807) is 11.9 Å². The number of aliphatic imine (C=N–C) groups is 1. The van der Waals surface area contributed by atoms with Gasteiger partial charge in [0.05, 0.1) is 6.04 Å². The predicted molar refractivity (Wildman–Crippen MR) is 197 cm³/mol. The molecular formula is C37H57N9O4. The molecule has 1 saturated heterocycles. The van der Waals surface area contributed by atoms with E-state index in [1.165, 1.54) is 0 Å². The summed E-state index contributed by atoms with van der Waals surface area (Å²) < 4.78 is 0. The van der Waals surface area contributed by atoms with Crippen molar-refractivity contribution in [1.82, 2.24) is 25.8 Å².